The van der Waals surface area contributed by atoms with Crippen molar-refractivity contribution >= 4 is 28.5 Å². The highest BCUT2D eigenvalue weighted by Crippen LogP contribution is 2.43. The number of rotatable bonds is 4. The molecule has 28 heavy (non-hydrogen) atoms. The highest BCUT2D eigenvalue weighted by atomic mass is 35.5. The molecule has 4 atom stereocenters. The number of hydrogen-bond donors (Lipinski definition) is 2. The summed E-state index contributed by atoms with van der Waals surface area (Å²) in [6, 6.07) is 2.19. The highest BCUT2D eigenvalue weighted by Gasteiger charge is 2.56. The normalized spacial score (nSPS) is 32.3. The molecule has 0 radical (unpaired) electrons. The van der Waals surface area contributed by atoms with Gasteiger partial charge in [0.25, 0.3) is 0 Å². The zero-order chi connectivity index (χ0) is 19.5. The third kappa shape index (κ3) is 3.05. The second-order valence-corrected chi connectivity index (χ2v) is 8.52. The first-order valence-corrected chi connectivity index (χ1v) is 10.1. The molecule has 10 heteroatoms. The molecular formula is C18H24ClN5O4. The predicted octanol–water partition coefficient (Wildman–Crippen LogP) is 2.24. The number of nitrogens with zero attached hydrogens (tertiary/aromatic N) is 4. The molecule has 4 heterocycles. The van der Waals surface area contributed by atoms with Crippen molar-refractivity contribution < 1.29 is 19.3 Å². The second kappa shape index (κ2) is 6.77. The molecular weight excluding hydrogens is 386 g/mol. The molecule has 152 valence electrons. The molecule has 2 aromatic rings. The Morgan fingerprint density at radius 3 is 2.79 bits per heavy atom. The van der Waals surface area contributed by atoms with Gasteiger partial charge in [-0.3, -0.25) is 0 Å². The lowest BCUT2D eigenvalue weighted by Crippen LogP contribution is -2.31. The molecule has 2 saturated heterocycles. The molecule has 0 unspecified atom stereocenters. The molecule has 3 aliphatic rings. The van der Waals surface area contributed by atoms with Crippen molar-refractivity contribution in [2.75, 3.05) is 11.9 Å². The van der Waals surface area contributed by atoms with Crippen LogP contribution < -0.4 is 5.32 Å². The van der Waals surface area contributed by atoms with E-state index in [1.165, 1.54) is 12.8 Å². The van der Waals surface area contributed by atoms with Crippen LogP contribution in [-0.2, 0) is 14.2 Å². The smallest absolute Gasteiger partial charge is 0.184 e. The SMILES string of the molecule is CC1(C)O[C@@H]2[C@H](O1)[C@@H](CO)O[C@H]2n1nnc2c(NC3CCCC3)cc(Cl)nc21. The fraction of sp³-hybridized carbons (Fsp3) is 0.722. The van der Waals surface area contributed by atoms with Gasteiger partial charge in [0.15, 0.2) is 23.2 Å². The van der Waals surface area contributed by atoms with Gasteiger partial charge in [0.05, 0.1) is 12.3 Å². The highest BCUT2D eigenvalue weighted by molar-refractivity contribution is 6.30. The van der Waals surface area contributed by atoms with Gasteiger partial charge in [0.1, 0.15) is 23.5 Å². The number of fused-ring (bicyclic) bond motifs is 2. The van der Waals surface area contributed by atoms with E-state index in [9.17, 15) is 5.11 Å². The topological polar surface area (TPSA) is 104 Å². The average molecular weight is 410 g/mol. The molecule has 0 bridgehead atoms. The zero-order valence-corrected chi connectivity index (χ0v) is 16.6. The van der Waals surface area contributed by atoms with Gasteiger partial charge in [0, 0.05) is 12.1 Å². The summed E-state index contributed by atoms with van der Waals surface area (Å²) in [7, 11) is 0. The van der Waals surface area contributed by atoms with Crippen molar-refractivity contribution in [3.63, 3.8) is 0 Å². The number of aliphatic hydroxyl groups is 1. The van der Waals surface area contributed by atoms with Crippen molar-refractivity contribution in [2.45, 2.75) is 75.9 Å². The monoisotopic (exact) mass is 409 g/mol. The molecule has 3 fully saturated rings. The Morgan fingerprint density at radius 1 is 1.29 bits per heavy atom. The van der Waals surface area contributed by atoms with Gasteiger partial charge in [-0.05, 0) is 26.7 Å². The Bertz CT molecular complexity index is 884. The first-order chi connectivity index (χ1) is 13.4. The first kappa shape index (κ1) is 18.5. The Morgan fingerprint density at radius 2 is 2.04 bits per heavy atom. The molecule has 5 rings (SSSR count). The Hall–Kier alpha value is -1.52. The van der Waals surface area contributed by atoms with Gasteiger partial charge in [-0.1, -0.05) is 29.7 Å². The Kier molecular flexibility index (Phi) is 4.48. The van der Waals surface area contributed by atoms with E-state index in [0.717, 1.165) is 18.5 Å². The molecule has 1 aliphatic carbocycles. The van der Waals surface area contributed by atoms with Gasteiger partial charge >= 0.3 is 0 Å². The van der Waals surface area contributed by atoms with Gasteiger partial charge in [-0.25, -0.2) is 4.98 Å². The molecule has 2 aromatic heterocycles. The first-order valence-electron chi connectivity index (χ1n) is 9.75. The van der Waals surface area contributed by atoms with E-state index in [0.29, 0.717) is 22.4 Å². The molecule has 2 N–H and O–H groups in total. The van der Waals surface area contributed by atoms with E-state index < -0.39 is 24.2 Å². The van der Waals surface area contributed by atoms with Crippen LogP contribution in [0.25, 0.3) is 11.2 Å². The van der Waals surface area contributed by atoms with Crippen LogP contribution >= 0.6 is 11.6 Å². The number of pyridine rings is 1. The van der Waals surface area contributed by atoms with Crippen LogP contribution in [-0.4, -0.2) is 61.8 Å². The summed E-state index contributed by atoms with van der Waals surface area (Å²) in [5.41, 5.74) is 1.98. The van der Waals surface area contributed by atoms with Crippen LogP contribution in [0.4, 0.5) is 5.69 Å². The molecule has 0 aromatic carbocycles. The Balaban J connectivity index is 1.52. The van der Waals surface area contributed by atoms with Crippen LogP contribution in [0.1, 0.15) is 45.8 Å². The quantitative estimate of drug-likeness (QED) is 0.741. The number of hydrogen-bond acceptors (Lipinski definition) is 8. The minimum absolute atomic E-state index is 0.174. The molecule has 0 spiro atoms. The summed E-state index contributed by atoms with van der Waals surface area (Å²) >= 11 is 6.30. The van der Waals surface area contributed by atoms with E-state index >= 15 is 0 Å². The lowest BCUT2D eigenvalue weighted by molar-refractivity contribution is -0.201. The van der Waals surface area contributed by atoms with Crippen LogP contribution in [0.3, 0.4) is 0 Å². The second-order valence-electron chi connectivity index (χ2n) is 8.14. The number of aliphatic hydroxyl groups excluding tert-OH is 1. The number of aromatic nitrogens is 4. The van der Waals surface area contributed by atoms with Gasteiger partial charge in [-0.15, -0.1) is 5.10 Å². The number of nitrogens with one attached hydrogen (secondary N) is 1. The summed E-state index contributed by atoms with van der Waals surface area (Å²) in [4.78, 5) is 4.44. The lowest BCUT2D eigenvalue weighted by atomic mass is 10.1. The van der Waals surface area contributed by atoms with Crippen molar-refractivity contribution in [3.05, 3.63) is 11.2 Å². The maximum atomic E-state index is 9.71. The van der Waals surface area contributed by atoms with Crippen molar-refractivity contribution in [2.24, 2.45) is 0 Å². The van der Waals surface area contributed by atoms with Gasteiger partial charge in [0.2, 0.25) is 0 Å². The van der Waals surface area contributed by atoms with E-state index in [2.05, 4.69) is 20.6 Å². The van der Waals surface area contributed by atoms with Crippen molar-refractivity contribution in [1.29, 1.82) is 0 Å². The predicted molar refractivity (Wildman–Crippen MR) is 101 cm³/mol. The summed E-state index contributed by atoms with van der Waals surface area (Å²) in [5, 5.41) is 22.2. The summed E-state index contributed by atoms with van der Waals surface area (Å²) < 4.78 is 19.5. The van der Waals surface area contributed by atoms with Crippen LogP contribution in [0.15, 0.2) is 6.07 Å². The van der Waals surface area contributed by atoms with E-state index in [1.807, 2.05) is 13.8 Å². The van der Waals surface area contributed by atoms with Crippen molar-refractivity contribution in [1.82, 2.24) is 20.0 Å². The van der Waals surface area contributed by atoms with Crippen LogP contribution in [0.5, 0.6) is 0 Å². The minimum Gasteiger partial charge on any atom is -0.394 e. The van der Waals surface area contributed by atoms with Gasteiger partial charge in [-0.2, -0.15) is 4.68 Å². The fourth-order valence-electron chi connectivity index (χ4n) is 4.46. The fourth-order valence-corrected chi connectivity index (χ4v) is 4.65. The molecule has 9 nitrogen and oxygen atoms in total. The van der Waals surface area contributed by atoms with Crippen LogP contribution in [0, 0.1) is 0 Å². The maximum absolute atomic E-state index is 9.71. The minimum atomic E-state index is -0.762. The van der Waals surface area contributed by atoms with E-state index in [-0.39, 0.29) is 12.7 Å². The standard InChI is InChI=1S/C18H24ClN5O4/c1-18(2)27-14-11(8-25)26-17(15(14)28-18)24-16-13(22-23-24)10(7-12(19)21-16)20-9-5-3-4-6-9/h7,9,11,14-15,17,25H,3-6,8H2,1-2H3,(H,20,21)/t11-,14-,15-,17-/m1/s1. The number of anilines is 1. The third-order valence-corrected chi connectivity index (χ3v) is 5.86. The molecule has 0 amide bonds. The summed E-state index contributed by atoms with van der Waals surface area (Å²) in [6.45, 7) is 3.51. The van der Waals surface area contributed by atoms with Crippen LogP contribution in [0.2, 0.25) is 5.15 Å². The third-order valence-electron chi connectivity index (χ3n) is 5.66. The van der Waals surface area contributed by atoms with Gasteiger partial charge < -0.3 is 24.6 Å². The summed E-state index contributed by atoms with van der Waals surface area (Å²) in [6.07, 6.45) is 2.77. The zero-order valence-electron chi connectivity index (χ0n) is 15.8. The average Bonchev–Trinajstić information content (AvgIpc) is 3.38. The molecule has 2 aliphatic heterocycles. The Labute approximate surface area is 167 Å². The van der Waals surface area contributed by atoms with E-state index in [4.69, 9.17) is 25.8 Å². The van der Waals surface area contributed by atoms with Crippen molar-refractivity contribution in [3.8, 4) is 0 Å². The number of halogens is 1. The molecule has 1 saturated carbocycles. The largest absolute Gasteiger partial charge is 0.394 e. The number of ether oxygens (including phenoxy) is 3. The van der Waals surface area contributed by atoms with E-state index in [1.54, 1.807) is 10.7 Å². The summed E-state index contributed by atoms with van der Waals surface area (Å²) in [5.74, 6) is -0.762. The lowest BCUT2D eigenvalue weighted by Gasteiger charge is -2.23. The maximum Gasteiger partial charge on any atom is 0.184 e.